The molecule has 1 atom stereocenters. The lowest BCUT2D eigenvalue weighted by Gasteiger charge is -2.15. The second-order valence-electron chi connectivity index (χ2n) is 4.15. The molecular weight excluding hydrogens is 210 g/mol. The van der Waals surface area contributed by atoms with Crippen molar-refractivity contribution < 1.29 is 4.74 Å². The van der Waals surface area contributed by atoms with Gasteiger partial charge in [0, 0.05) is 18.0 Å². The van der Waals surface area contributed by atoms with Gasteiger partial charge < -0.3 is 10.1 Å². The number of nitrogens with one attached hydrogen (secondary N) is 1. The number of fused-ring (bicyclic) bond motifs is 1. The number of ether oxygens (including phenoxy) is 1. The molecule has 0 amide bonds. The van der Waals surface area contributed by atoms with E-state index in [4.69, 9.17) is 16.3 Å². The maximum absolute atomic E-state index is 6.21. The summed E-state index contributed by atoms with van der Waals surface area (Å²) in [4.78, 5) is 0. The quantitative estimate of drug-likeness (QED) is 0.729. The zero-order valence-corrected chi connectivity index (χ0v) is 10.1. The molecule has 3 heteroatoms. The molecule has 82 valence electrons. The fourth-order valence-electron chi connectivity index (χ4n) is 1.91. The van der Waals surface area contributed by atoms with E-state index in [1.165, 1.54) is 0 Å². The molecule has 0 bridgehead atoms. The van der Waals surface area contributed by atoms with Gasteiger partial charge in [-0.2, -0.15) is 0 Å². The summed E-state index contributed by atoms with van der Waals surface area (Å²) >= 11 is 6.21. The molecule has 2 rings (SSSR count). The highest BCUT2D eigenvalue weighted by Crippen LogP contribution is 2.37. The van der Waals surface area contributed by atoms with Crippen LogP contribution in [-0.4, -0.2) is 12.6 Å². The van der Waals surface area contributed by atoms with Crippen LogP contribution in [0.25, 0.3) is 0 Å². The van der Waals surface area contributed by atoms with Crippen molar-refractivity contribution in [2.45, 2.75) is 33.3 Å². The van der Waals surface area contributed by atoms with Crippen molar-refractivity contribution in [2.24, 2.45) is 0 Å². The fraction of sp³-hybridized carbons (Fsp3) is 0.500. The van der Waals surface area contributed by atoms with Crippen molar-refractivity contribution in [2.75, 3.05) is 11.9 Å². The summed E-state index contributed by atoms with van der Waals surface area (Å²) in [6.07, 6.45) is 1.28. The van der Waals surface area contributed by atoms with E-state index in [9.17, 15) is 0 Å². The third-order valence-corrected chi connectivity index (χ3v) is 3.41. The van der Waals surface area contributed by atoms with Crippen molar-refractivity contribution in [1.82, 2.24) is 0 Å². The van der Waals surface area contributed by atoms with Crippen LogP contribution in [0.5, 0.6) is 5.75 Å². The number of aryl methyl sites for hydroxylation is 1. The number of halogens is 1. The zero-order chi connectivity index (χ0) is 11.0. The van der Waals surface area contributed by atoms with Gasteiger partial charge in [0.2, 0.25) is 0 Å². The lowest BCUT2D eigenvalue weighted by atomic mass is 10.1. The molecular formula is C12H16ClNO. The van der Waals surface area contributed by atoms with Crippen molar-refractivity contribution in [3.8, 4) is 5.75 Å². The van der Waals surface area contributed by atoms with E-state index >= 15 is 0 Å². The van der Waals surface area contributed by atoms with E-state index in [1.807, 2.05) is 19.9 Å². The van der Waals surface area contributed by atoms with E-state index in [0.717, 1.165) is 40.6 Å². The smallest absolute Gasteiger partial charge is 0.143 e. The Morgan fingerprint density at radius 2 is 2.20 bits per heavy atom. The molecule has 1 unspecified atom stereocenters. The Labute approximate surface area is 95.6 Å². The first kappa shape index (κ1) is 10.6. The zero-order valence-electron chi connectivity index (χ0n) is 9.36. The largest absolute Gasteiger partial charge is 0.488 e. The number of rotatable bonds is 0. The van der Waals surface area contributed by atoms with Crippen LogP contribution in [0.15, 0.2) is 6.07 Å². The molecule has 0 saturated heterocycles. The molecule has 1 aliphatic rings. The highest BCUT2D eigenvalue weighted by Gasteiger charge is 2.18. The van der Waals surface area contributed by atoms with Crippen LogP contribution in [0.3, 0.4) is 0 Å². The van der Waals surface area contributed by atoms with Gasteiger partial charge in [-0.15, -0.1) is 0 Å². The molecule has 0 radical (unpaired) electrons. The first-order valence-electron chi connectivity index (χ1n) is 5.30. The van der Waals surface area contributed by atoms with Crippen LogP contribution in [0.2, 0.25) is 5.02 Å². The molecule has 2 nitrogen and oxygen atoms in total. The van der Waals surface area contributed by atoms with Crippen LogP contribution >= 0.6 is 11.6 Å². The summed E-state index contributed by atoms with van der Waals surface area (Å²) in [6.45, 7) is 7.07. The maximum atomic E-state index is 6.21. The van der Waals surface area contributed by atoms with Crippen molar-refractivity contribution in [3.63, 3.8) is 0 Å². The van der Waals surface area contributed by atoms with Gasteiger partial charge in [-0.3, -0.25) is 0 Å². The van der Waals surface area contributed by atoms with Crippen molar-refractivity contribution in [3.05, 3.63) is 22.2 Å². The molecule has 1 aromatic rings. The van der Waals surface area contributed by atoms with Gasteiger partial charge in [-0.25, -0.2) is 0 Å². The van der Waals surface area contributed by atoms with Gasteiger partial charge in [-0.1, -0.05) is 11.6 Å². The average molecular weight is 226 g/mol. The number of benzene rings is 1. The summed E-state index contributed by atoms with van der Waals surface area (Å²) in [7, 11) is 0. The molecule has 1 aromatic carbocycles. The molecule has 0 aliphatic carbocycles. The third kappa shape index (κ3) is 1.91. The number of anilines is 1. The van der Waals surface area contributed by atoms with Gasteiger partial charge >= 0.3 is 0 Å². The lowest BCUT2D eigenvalue weighted by molar-refractivity contribution is 0.221. The van der Waals surface area contributed by atoms with Crippen LogP contribution < -0.4 is 10.1 Å². The monoisotopic (exact) mass is 225 g/mol. The summed E-state index contributed by atoms with van der Waals surface area (Å²) in [5.41, 5.74) is 3.21. The Balaban J connectivity index is 2.52. The Hall–Kier alpha value is -0.890. The first-order valence-corrected chi connectivity index (χ1v) is 5.67. The predicted octanol–water partition coefficient (Wildman–Crippen LogP) is 3.54. The van der Waals surface area contributed by atoms with Gasteiger partial charge in [0.1, 0.15) is 5.75 Å². The van der Waals surface area contributed by atoms with E-state index < -0.39 is 0 Å². The number of hydrogen-bond donors (Lipinski definition) is 1. The van der Waals surface area contributed by atoms with E-state index in [0.29, 0.717) is 0 Å². The third-order valence-electron chi connectivity index (χ3n) is 2.83. The Kier molecular flexibility index (Phi) is 2.79. The first-order chi connectivity index (χ1) is 7.09. The summed E-state index contributed by atoms with van der Waals surface area (Å²) in [5.74, 6) is 0.930. The van der Waals surface area contributed by atoms with E-state index in [1.54, 1.807) is 0 Å². The topological polar surface area (TPSA) is 21.3 Å². The molecule has 1 N–H and O–H groups in total. The second kappa shape index (κ2) is 3.93. The molecule has 0 aromatic heterocycles. The van der Waals surface area contributed by atoms with Crippen molar-refractivity contribution >= 4 is 17.3 Å². The number of hydrogen-bond acceptors (Lipinski definition) is 2. The van der Waals surface area contributed by atoms with Crippen molar-refractivity contribution in [1.29, 1.82) is 0 Å². The normalized spacial score (nSPS) is 19.9. The second-order valence-corrected chi connectivity index (χ2v) is 4.53. The Bertz CT molecular complexity index is 390. The lowest BCUT2D eigenvalue weighted by Crippen LogP contribution is -2.12. The summed E-state index contributed by atoms with van der Waals surface area (Å²) < 4.78 is 5.85. The molecule has 15 heavy (non-hydrogen) atoms. The molecule has 1 aliphatic heterocycles. The van der Waals surface area contributed by atoms with Gasteiger partial charge in [0.15, 0.2) is 0 Å². The average Bonchev–Trinajstić information content (AvgIpc) is 2.36. The van der Waals surface area contributed by atoms with E-state index in [2.05, 4.69) is 12.2 Å². The molecule has 0 spiro atoms. The molecule has 0 fully saturated rings. The van der Waals surface area contributed by atoms with Crippen LogP contribution in [0, 0.1) is 13.8 Å². The van der Waals surface area contributed by atoms with Crippen LogP contribution in [-0.2, 0) is 0 Å². The Morgan fingerprint density at radius 3 is 2.93 bits per heavy atom. The van der Waals surface area contributed by atoms with Gasteiger partial charge in [0.05, 0.1) is 11.8 Å². The Morgan fingerprint density at radius 1 is 1.47 bits per heavy atom. The predicted molar refractivity (Wildman–Crippen MR) is 64.1 cm³/mol. The summed E-state index contributed by atoms with van der Waals surface area (Å²) in [6, 6.07) is 2.01. The minimum Gasteiger partial charge on any atom is -0.488 e. The highest BCUT2D eigenvalue weighted by molar-refractivity contribution is 6.32. The van der Waals surface area contributed by atoms with Crippen LogP contribution in [0.4, 0.5) is 5.69 Å². The maximum Gasteiger partial charge on any atom is 0.143 e. The molecule has 1 heterocycles. The minimum absolute atomic E-state index is 0.263. The molecule has 0 saturated carbocycles. The van der Waals surface area contributed by atoms with E-state index in [-0.39, 0.29) is 6.10 Å². The summed E-state index contributed by atoms with van der Waals surface area (Å²) in [5, 5.41) is 4.22. The standard InChI is InChI=1S/C12H16ClNO/c1-7-6-10-12(9(3)11(7)13)14-5-4-8(2)15-10/h6,8,14H,4-5H2,1-3H3. The SMILES string of the molecule is Cc1cc2c(c(C)c1Cl)NCCC(C)O2. The highest BCUT2D eigenvalue weighted by atomic mass is 35.5. The fourth-order valence-corrected chi connectivity index (χ4v) is 2.06. The van der Waals surface area contributed by atoms with Gasteiger partial charge in [0.25, 0.3) is 0 Å². The van der Waals surface area contributed by atoms with Crippen LogP contribution in [0.1, 0.15) is 24.5 Å². The minimum atomic E-state index is 0.263. The van der Waals surface area contributed by atoms with Gasteiger partial charge in [-0.05, 0) is 38.0 Å².